The molecule has 2 aliphatic heterocycles. The van der Waals surface area contributed by atoms with Crippen molar-refractivity contribution in [3.8, 4) is 0 Å². The zero-order valence-corrected chi connectivity index (χ0v) is 12.3. The molecule has 3 rings (SSSR count). The smallest absolute Gasteiger partial charge is 0.307 e. The lowest BCUT2D eigenvalue weighted by Crippen LogP contribution is -2.57. The van der Waals surface area contributed by atoms with E-state index < -0.39 is 0 Å². The van der Waals surface area contributed by atoms with Gasteiger partial charge in [0, 0.05) is 11.6 Å². The van der Waals surface area contributed by atoms with Crippen molar-refractivity contribution in [2.45, 2.75) is 64.1 Å². The molecular weight excluding hydrogens is 256 g/mol. The van der Waals surface area contributed by atoms with Gasteiger partial charge in [-0.25, -0.2) is 0 Å². The lowest BCUT2D eigenvalue weighted by atomic mass is 9.68. The van der Waals surface area contributed by atoms with E-state index >= 15 is 0 Å². The Morgan fingerprint density at radius 1 is 1.55 bits per heavy atom. The second-order valence-electron chi connectivity index (χ2n) is 7.24. The molecule has 0 amide bonds. The Morgan fingerprint density at radius 2 is 2.30 bits per heavy atom. The van der Waals surface area contributed by atoms with E-state index in [1.54, 1.807) is 10.9 Å². The van der Waals surface area contributed by atoms with Crippen LogP contribution in [-0.2, 0) is 0 Å². The molecule has 1 aromatic heterocycles. The molecule has 110 valence electrons. The number of piperidine rings is 1. The highest BCUT2D eigenvalue weighted by Crippen LogP contribution is 2.49. The van der Waals surface area contributed by atoms with Crippen molar-refractivity contribution < 1.29 is 4.92 Å². The summed E-state index contributed by atoms with van der Waals surface area (Å²) in [6.45, 7) is 6.82. The molecule has 0 aromatic carbocycles. The summed E-state index contributed by atoms with van der Waals surface area (Å²) in [5.74, 6) is 0. The molecule has 2 aliphatic rings. The molecule has 0 aliphatic carbocycles. The molecular formula is C14H22N4O2. The molecule has 0 unspecified atom stereocenters. The predicted octanol–water partition coefficient (Wildman–Crippen LogP) is 2.66. The van der Waals surface area contributed by atoms with E-state index in [2.05, 4.69) is 31.2 Å². The van der Waals surface area contributed by atoms with Gasteiger partial charge in [0.1, 0.15) is 12.4 Å². The Kier molecular flexibility index (Phi) is 2.90. The average Bonchev–Trinajstić information content (AvgIpc) is 2.94. The molecule has 1 N–H and O–H groups in total. The predicted molar refractivity (Wildman–Crippen MR) is 75.5 cm³/mol. The number of nitrogens with one attached hydrogen (secondary N) is 1. The van der Waals surface area contributed by atoms with Gasteiger partial charge in [-0.15, -0.1) is 0 Å². The summed E-state index contributed by atoms with van der Waals surface area (Å²) >= 11 is 0. The highest BCUT2D eigenvalue weighted by molar-refractivity contribution is 5.22. The minimum atomic E-state index is -0.376. The quantitative estimate of drug-likeness (QED) is 0.666. The summed E-state index contributed by atoms with van der Waals surface area (Å²) in [6.07, 6.45) is 7.31. The van der Waals surface area contributed by atoms with Crippen molar-refractivity contribution in [2.75, 3.05) is 0 Å². The van der Waals surface area contributed by atoms with E-state index in [4.69, 9.17) is 0 Å². The number of rotatable bonds is 2. The first-order valence-electron chi connectivity index (χ1n) is 7.27. The van der Waals surface area contributed by atoms with Crippen molar-refractivity contribution in [1.82, 2.24) is 15.1 Å². The molecule has 2 saturated heterocycles. The highest BCUT2D eigenvalue weighted by atomic mass is 16.6. The zero-order chi connectivity index (χ0) is 14.5. The van der Waals surface area contributed by atoms with Gasteiger partial charge in [0.05, 0.1) is 11.0 Å². The first kappa shape index (κ1) is 13.5. The van der Waals surface area contributed by atoms with Gasteiger partial charge in [-0.1, -0.05) is 20.8 Å². The van der Waals surface area contributed by atoms with E-state index in [0.717, 1.165) is 12.8 Å². The van der Waals surface area contributed by atoms with Gasteiger partial charge in [-0.2, -0.15) is 5.10 Å². The van der Waals surface area contributed by atoms with Crippen molar-refractivity contribution in [1.29, 1.82) is 0 Å². The third kappa shape index (κ3) is 2.02. The van der Waals surface area contributed by atoms with Gasteiger partial charge in [-0.05, 0) is 31.1 Å². The molecule has 0 spiro atoms. The van der Waals surface area contributed by atoms with Gasteiger partial charge in [-0.3, -0.25) is 14.8 Å². The van der Waals surface area contributed by atoms with Crippen LogP contribution in [0.15, 0.2) is 12.4 Å². The van der Waals surface area contributed by atoms with Crippen molar-refractivity contribution >= 4 is 5.69 Å². The van der Waals surface area contributed by atoms with Crippen LogP contribution in [0.3, 0.4) is 0 Å². The van der Waals surface area contributed by atoms with Crippen LogP contribution in [0.1, 0.15) is 52.5 Å². The van der Waals surface area contributed by atoms with Gasteiger partial charge in [0.2, 0.25) is 0 Å². The van der Waals surface area contributed by atoms with Gasteiger partial charge in [0.15, 0.2) is 0 Å². The maximum Gasteiger partial charge on any atom is 0.307 e. The minimum Gasteiger partial charge on any atom is -0.308 e. The monoisotopic (exact) mass is 278 g/mol. The standard InChI is InChI=1S/C14H22N4O2/c1-13(2,3)14-5-4-10(16-14)6-11(7-14)17-9-12(8-15-17)18(19)20/h8-11,16H,4-7H2,1-3H3/t10-,11+,14+/m0/s1. The maximum absolute atomic E-state index is 10.8. The fourth-order valence-corrected chi connectivity index (χ4v) is 3.83. The largest absolute Gasteiger partial charge is 0.308 e. The molecule has 1 aromatic rings. The van der Waals surface area contributed by atoms with E-state index in [0.29, 0.717) is 6.04 Å². The Balaban J connectivity index is 1.87. The molecule has 3 atom stereocenters. The van der Waals surface area contributed by atoms with Crippen LogP contribution in [0.5, 0.6) is 0 Å². The lowest BCUT2D eigenvalue weighted by Gasteiger charge is -2.48. The molecule has 6 heteroatoms. The molecule has 20 heavy (non-hydrogen) atoms. The number of fused-ring (bicyclic) bond motifs is 2. The Bertz CT molecular complexity index is 534. The van der Waals surface area contributed by atoms with Crippen LogP contribution in [0.25, 0.3) is 0 Å². The summed E-state index contributed by atoms with van der Waals surface area (Å²) < 4.78 is 1.80. The van der Waals surface area contributed by atoms with Crippen molar-refractivity contribution in [3.05, 3.63) is 22.5 Å². The fraction of sp³-hybridized carbons (Fsp3) is 0.786. The van der Waals surface area contributed by atoms with E-state index in [1.165, 1.54) is 19.0 Å². The Hall–Kier alpha value is -1.43. The van der Waals surface area contributed by atoms with E-state index in [1.807, 2.05) is 0 Å². The second-order valence-corrected chi connectivity index (χ2v) is 7.24. The Morgan fingerprint density at radius 3 is 2.90 bits per heavy atom. The highest BCUT2D eigenvalue weighted by Gasteiger charge is 2.52. The van der Waals surface area contributed by atoms with Crippen LogP contribution in [0.4, 0.5) is 5.69 Å². The van der Waals surface area contributed by atoms with Crippen LogP contribution >= 0.6 is 0 Å². The maximum atomic E-state index is 10.8. The third-order valence-electron chi connectivity index (χ3n) is 5.15. The molecule has 3 heterocycles. The first-order chi connectivity index (χ1) is 9.31. The molecule has 6 nitrogen and oxygen atoms in total. The molecule has 0 saturated carbocycles. The number of nitrogens with zero attached hydrogens (tertiary/aromatic N) is 3. The van der Waals surface area contributed by atoms with Gasteiger partial charge >= 0.3 is 5.69 Å². The van der Waals surface area contributed by atoms with E-state index in [9.17, 15) is 10.1 Å². The number of nitro groups is 1. The number of hydrogen-bond acceptors (Lipinski definition) is 4. The van der Waals surface area contributed by atoms with Crippen LogP contribution < -0.4 is 5.32 Å². The van der Waals surface area contributed by atoms with Crippen LogP contribution in [0.2, 0.25) is 0 Å². The fourth-order valence-electron chi connectivity index (χ4n) is 3.83. The number of hydrogen-bond donors (Lipinski definition) is 1. The van der Waals surface area contributed by atoms with Crippen LogP contribution in [0, 0.1) is 15.5 Å². The second kappa shape index (κ2) is 4.28. The summed E-state index contributed by atoms with van der Waals surface area (Å²) in [6, 6.07) is 0.771. The molecule has 2 bridgehead atoms. The first-order valence-corrected chi connectivity index (χ1v) is 7.27. The summed E-state index contributed by atoms with van der Waals surface area (Å²) in [5.41, 5.74) is 0.390. The van der Waals surface area contributed by atoms with Crippen molar-refractivity contribution in [2.24, 2.45) is 5.41 Å². The van der Waals surface area contributed by atoms with Gasteiger partial charge < -0.3 is 5.32 Å². The summed E-state index contributed by atoms with van der Waals surface area (Å²) in [5, 5.41) is 18.8. The minimum absolute atomic E-state index is 0.0840. The lowest BCUT2D eigenvalue weighted by molar-refractivity contribution is -0.385. The van der Waals surface area contributed by atoms with Crippen molar-refractivity contribution in [3.63, 3.8) is 0 Å². The van der Waals surface area contributed by atoms with Gasteiger partial charge in [0.25, 0.3) is 0 Å². The summed E-state index contributed by atoms with van der Waals surface area (Å²) in [7, 11) is 0. The van der Waals surface area contributed by atoms with E-state index in [-0.39, 0.29) is 27.6 Å². The van der Waals surface area contributed by atoms with Crippen LogP contribution in [-0.4, -0.2) is 26.3 Å². The summed E-state index contributed by atoms with van der Waals surface area (Å²) in [4.78, 5) is 10.4. The zero-order valence-electron chi connectivity index (χ0n) is 12.3. The third-order valence-corrected chi connectivity index (χ3v) is 5.15. The Labute approximate surface area is 118 Å². The molecule has 0 radical (unpaired) electrons. The topological polar surface area (TPSA) is 73.0 Å². The normalized spacial score (nSPS) is 33.4. The number of aromatic nitrogens is 2. The SMILES string of the molecule is CC(C)(C)[C@@]12CC[C@@H](C[C@@H](n3cc([N+](=O)[O-])cn3)C1)N2. The average molecular weight is 278 g/mol. The molecule has 2 fully saturated rings.